The van der Waals surface area contributed by atoms with E-state index in [4.69, 9.17) is 0 Å². The van der Waals surface area contributed by atoms with Gasteiger partial charge in [-0.05, 0) is 30.4 Å². The van der Waals surface area contributed by atoms with Gasteiger partial charge in [0.05, 0.1) is 17.1 Å². The number of aryl methyl sites for hydroxylation is 1. The third-order valence-electron chi connectivity index (χ3n) is 5.22. The van der Waals surface area contributed by atoms with Crippen molar-refractivity contribution in [1.29, 1.82) is 0 Å². The Bertz CT molecular complexity index is 692. The van der Waals surface area contributed by atoms with Crippen molar-refractivity contribution in [1.82, 2.24) is 14.8 Å². The van der Waals surface area contributed by atoms with Crippen LogP contribution in [0.2, 0.25) is 0 Å². The summed E-state index contributed by atoms with van der Waals surface area (Å²) in [5.74, 6) is 0.399. The molecule has 0 saturated carbocycles. The lowest BCUT2D eigenvalue weighted by Gasteiger charge is -2.37. The maximum absolute atomic E-state index is 13.0. The van der Waals surface area contributed by atoms with Crippen molar-refractivity contribution in [2.45, 2.75) is 31.7 Å². The highest BCUT2D eigenvalue weighted by atomic mass is 32.1. The fourth-order valence-corrected chi connectivity index (χ4v) is 4.45. The molecular formula is C19H23N3OS. The first-order valence-electron chi connectivity index (χ1n) is 8.77. The summed E-state index contributed by atoms with van der Waals surface area (Å²) < 4.78 is 0. The second-order valence-corrected chi connectivity index (χ2v) is 7.44. The minimum atomic E-state index is 0.0695. The fraction of sp³-hybridized carbons (Fsp3) is 0.474. The van der Waals surface area contributed by atoms with Gasteiger partial charge >= 0.3 is 0 Å². The van der Waals surface area contributed by atoms with Crippen LogP contribution in [0.1, 0.15) is 35.6 Å². The van der Waals surface area contributed by atoms with E-state index in [9.17, 15) is 4.79 Å². The second kappa shape index (κ2) is 7.03. The van der Waals surface area contributed by atoms with E-state index in [1.165, 1.54) is 11.1 Å². The van der Waals surface area contributed by atoms with Gasteiger partial charge in [0, 0.05) is 38.1 Å². The van der Waals surface area contributed by atoms with E-state index in [1.807, 2.05) is 5.51 Å². The van der Waals surface area contributed by atoms with Gasteiger partial charge in [-0.25, -0.2) is 4.98 Å². The molecule has 1 atom stereocenters. The van der Waals surface area contributed by atoms with Crippen LogP contribution in [-0.4, -0.2) is 46.9 Å². The van der Waals surface area contributed by atoms with Crippen molar-refractivity contribution >= 4 is 17.2 Å². The molecule has 1 saturated heterocycles. The van der Waals surface area contributed by atoms with Gasteiger partial charge in [0.1, 0.15) is 0 Å². The van der Waals surface area contributed by atoms with Crippen molar-refractivity contribution in [2.24, 2.45) is 0 Å². The SMILES string of the molecule is O=C(C1CCCc2ccccc21)N1CCN(Cc2cscn2)CC1. The number of piperazine rings is 1. The Balaban J connectivity index is 1.38. The van der Waals surface area contributed by atoms with Gasteiger partial charge in [-0.15, -0.1) is 11.3 Å². The standard InChI is InChI=1S/C19H23N3OS/c23-19(18-7-3-5-15-4-1-2-6-17(15)18)22-10-8-21(9-11-22)12-16-13-24-14-20-16/h1-2,4,6,13-14,18H,3,5,7-12H2. The summed E-state index contributed by atoms with van der Waals surface area (Å²) in [7, 11) is 0. The van der Waals surface area contributed by atoms with Crippen LogP contribution in [0.5, 0.6) is 0 Å². The molecule has 1 aromatic heterocycles. The van der Waals surface area contributed by atoms with E-state index in [2.05, 4.69) is 44.4 Å². The molecule has 4 nitrogen and oxygen atoms in total. The van der Waals surface area contributed by atoms with E-state index < -0.39 is 0 Å². The molecule has 2 heterocycles. The van der Waals surface area contributed by atoms with Crippen LogP contribution in [0, 0.1) is 0 Å². The molecule has 1 unspecified atom stereocenters. The maximum Gasteiger partial charge on any atom is 0.230 e. The van der Waals surface area contributed by atoms with Crippen LogP contribution in [0.3, 0.4) is 0 Å². The average molecular weight is 341 g/mol. The van der Waals surface area contributed by atoms with Gasteiger partial charge in [-0.2, -0.15) is 0 Å². The lowest BCUT2D eigenvalue weighted by atomic mass is 9.82. The Labute approximate surface area is 147 Å². The molecule has 1 aliphatic carbocycles. The fourth-order valence-electron chi connectivity index (χ4n) is 3.90. The van der Waals surface area contributed by atoms with Crippen molar-refractivity contribution in [3.05, 3.63) is 52.0 Å². The first-order valence-corrected chi connectivity index (χ1v) is 9.71. The number of hydrogen-bond donors (Lipinski definition) is 0. The number of nitrogens with zero attached hydrogens (tertiary/aromatic N) is 3. The Morgan fingerprint density at radius 1 is 1.21 bits per heavy atom. The van der Waals surface area contributed by atoms with Crippen molar-refractivity contribution in [3.8, 4) is 0 Å². The predicted octanol–water partition coefficient (Wildman–Crippen LogP) is 2.91. The van der Waals surface area contributed by atoms with Crippen LogP contribution in [0.4, 0.5) is 0 Å². The predicted molar refractivity (Wildman–Crippen MR) is 96.1 cm³/mol. The highest BCUT2D eigenvalue weighted by Gasteiger charge is 2.31. The number of amides is 1. The van der Waals surface area contributed by atoms with Crippen LogP contribution in [-0.2, 0) is 17.8 Å². The van der Waals surface area contributed by atoms with E-state index in [-0.39, 0.29) is 5.92 Å². The highest BCUT2D eigenvalue weighted by Crippen LogP contribution is 2.33. The largest absolute Gasteiger partial charge is 0.340 e. The quantitative estimate of drug-likeness (QED) is 0.861. The number of carbonyl (C=O) groups is 1. The molecule has 1 fully saturated rings. The molecule has 2 aliphatic rings. The molecule has 0 bridgehead atoms. The zero-order valence-electron chi connectivity index (χ0n) is 13.9. The van der Waals surface area contributed by atoms with Crippen LogP contribution < -0.4 is 0 Å². The topological polar surface area (TPSA) is 36.4 Å². The summed E-state index contributed by atoms with van der Waals surface area (Å²) in [6.45, 7) is 4.45. The normalized spacial score (nSPS) is 21.5. The average Bonchev–Trinajstić information content (AvgIpc) is 3.14. The number of thiazole rings is 1. The number of aromatic nitrogens is 1. The van der Waals surface area contributed by atoms with Gasteiger partial charge in [0.2, 0.25) is 5.91 Å². The third kappa shape index (κ3) is 3.23. The molecular weight excluding hydrogens is 318 g/mol. The molecule has 4 rings (SSSR count). The van der Waals surface area contributed by atoms with E-state index in [0.29, 0.717) is 5.91 Å². The molecule has 1 aliphatic heterocycles. The lowest BCUT2D eigenvalue weighted by molar-refractivity contribution is -0.135. The molecule has 126 valence electrons. The van der Waals surface area contributed by atoms with E-state index >= 15 is 0 Å². The van der Waals surface area contributed by atoms with Gasteiger partial charge in [0.25, 0.3) is 0 Å². The van der Waals surface area contributed by atoms with Crippen molar-refractivity contribution < 1.29 is 4.79 Å². The molecule has 5 heteroatoms. The molecule has 0 radical (unpaired) electrons. The summed E-state index contributed by atoms with van der Waals surface area (Å²) in [6, 6.07) is 8.48. The Hall–Kier alpha value is -1.72. The number of benzene rings is 1. The second-order valence-electron chi connectivity index (χ2n) is 6.72. The van der Waals surface area contributed by atoms with Gasteiger partial charge in [0.15, 0.2) is 0 Å². The monoisotopic (exact) mass is 341 g/mol. The number of rotatable bonds is 3. The Morgan fingerprint density at radius 3 is 2.83 bits per heavy atom. The van der Waals surface area contributed by atoms with Crippen LogP contribution in [0.15, 0.2) is 35.2 Å². The minimum Gasteiger partial charge on any atom is -0.340 e. The lowest BCUT2D eigenvalue weighted by Crippen LogP contribution is -2.49. The van der Waals surface area contributed by atoms with E-state index in [0.717, 1.165) is 57.7 Å². The van der Waals surface area contributed by atoms with Gasteiger partial charge < -0.3 is 4.90 Å². The molecule has 1 amide bonds. The molecule has 24 heavy (non-hydrogen) atoms. The summed E-state index contributed by atoms with van der Waals surface area (Å²) >= 11 is 1.64. The first kappa shape index (κ1) is 15.8. The zero-order valence-corrected chi connectivity index (χ0v) is 14.7. The van der Waals surface area contributed by atoms with Crippen molar-refractivity contribution in [2.75, 3.05) is 26.2 Å². The Morgan fingerprint density at radius 2 is 2.04 bits per heavy atom. The summed E-state index contributed by atoms with van der Waals surface area (Å²) in [5, 5.41) is 2.11. The highest BCUT2D eigenvalue weighted by molar-refractivity contribution is 7.07. The molecule has 1 aromatic carbocycles. The molecule has 2 aromatic rings. The smallest absolute Gasteiger partial charge is 0.230 e. The minimum absolute atomic E-state index is 0.0695. The molecule has 0 spiro atoms. The van der Waals surface area contributed by atoms with Gasteiger partial charge in [-0.1, -0.05) is 24.3 Å². The van der Waals surface area contributed by atoms with Crippen molar-refractivity contribution in [3.63, 3.8) is 0 Å². The van der Waals surface area contributed by atoms with E-state index in [1.54, 1.807) is 11.3 Å². The maximum atomic E-state index is 13.0. The number of fused-ring (bicyclic) bond motifs is 1. The third-order valence-corrected chi connectivity index (χ3v) is 5.86. The molecule has 0 N–H and O–H groups in total. The first-order chi connectivity index (χ1) is 11.8. The summed E-state index contributed by atoms with van der Waals surface area (Å²) in [4.78, 5) is 21.9. The number of carbonyl (C=O) groups excluding carboxylic acids is 1. The van der Waals surface area contributed by atoms with Crippen LogP contribution >= 0.6 is 11.3 Å². The summed E-state index contributed by atoms with van der Waals surface area (Å²) in [5.41, 5.74) is 5.65. The zero-order chi connectivity index (χ0) is 16.4. The Kier molecular flexibility index (Phi) is 4.63. The van der Waals surface area contributed by atoms with Gasteiger partial charge in [-0.3, -0.25) is 9.69 Å². The summed E-state index contributed by atoms with van der Waals surface area (Å²) in [6.07, 6.45) is 3.23. The number of hydrogen-bond acceptors (Lipinski definition) is 4. The van der Waals surface area contributed by atoms with Crippen LogP contribution in [0.25, 0.3) is 0 Å².